The number of tetrazole rings is 1. The van der Waals surface area contributed by atoms with Crippen LogP contribution >= 0.6 is 11.3 Å². The molecule has 3 heterocycles. The van der Waals surface area contributed by atoms with Gasteiger partial charge in [-0.15, -0.1) is 16.4 Å². The molecule has 0 spiro atoms. The number of rotatable bonds is 3. The maximum Gasteiger partial charge on any atom is 0.254 e. The van der Waals surface area contributed by atoms with E-state index >= 15 is 0 Å². The Kier molecular flexibility index (Phi) is 3.90. The molecule has 1 fully saturated rings. The van der Waals surface area contributed by atoms with Crippen molar-refractivity contribution in [2.24, 2.45) is 0 Å². The topological polar surface area (TPSA) is 76.8 Å². The molecule has 7 nitrogen and oxygen atoms in total. The van der Waals surface area contributed by atoms with E-state index in [-0.39, 0.29) is 11.9 Å². The molecular formula is C19H16N6OS. The molecule has 1 aliphatic rings. The zero-order valence-electron chi connectivity index (χ0n) is 14.4. The lowest BCUT2D eigenvalue weighted by Crippen LogP contribution is -2.30. The van der Waals surface area contributed by atoms with E-state index in [1.165, 1.54) is 6.33 Å². The minimum absolute atomic E-state index is 0.0417. The van der Waals surface area contributed by atoms with E-state index in [1.807, 2.05) is 47.4 Å². The van der Waals surface area contributed by atoms with Crippen molar-refractivity contribution in [1.82, 2.24) is 30.1 Å². The molecule has 4 aromatic rings. The van der Waals surface area contributed by atoms with Crippen LogP contribution in [0.2, 0.25) is 0 Å². The summed E-state index contributed by atoms with van der Waals surface area (Å²) >= 11 is 1.68. The molecule has 27 heavy (non-hydrogen) atoms. The molecule has 0 aliphatic carbocycles. The SMILES string of the molecule is O=C(c1ccc(-n2cnnn2)cc1)N1CCC[C@H]1c1nc2ccccc2s1. The van der Waals surface area contributed by atoms with E-state index in [0.29, 0.717) is 5.56 Å². The van der Waals surface area contributed by atoms with Crippen molar-refractivity contribution in [2.75, 3.05) is 6.54 Å². The first-order valence-corrected chi connectivity index (χ1v) is 9.61. The average molecular weight is 376 g/mol. The summed E-state index contributed by atoms with van der Waals surface area (Å²) in [6.45, 7) is 0.758. The lowest BCUT2D eigenvalue weighted by molar-refractivity contribution is 0.0735. The van der Waals surface area contributed by atoms with Gasteiger partial charge in [-0.2, -0.15) is 0 Å². The summed E-state index contributed by atoms with van der Waals surface area (Å²) in [7, 11) is 0. The fourth-order valence-electron chi connectivity index (χ4n) is 3.50. The quantitative estimate of drug-likeness (QED) is 0.549. The van der Waals surface area contributed by atoms with Crippen molar-refractivity contribution in [1.29, 1.82) is 0 Å². The fourth-order valence-corrected chi connectivity index (χ4v) is 4.62. The van der Waals surface area contributed by atoms with E-state index in [9.17, 15) is 4.79 Å². The largest absolute Gasteiger partial charge is 0.329 e. The number of carbonyl (C=O) groups is 1. The molecule has 0 unspecified atom stereocenters. The van der Waals surface area contributed by atoms with Gasteiger partial charge in [-0.3, -0.25) is 4.79 Å². The number of fused-ring (bicyclic) bond motifs is 1. The Labute approximate surface area is 159 Å². The zero-order chi connectivity index (χ0) is 18.2. The summed E-state index contributed by atoms with van der Waals surface area (Å²) in [6.07, 6.45) is 3.48. The van der Waals surface area contributed by atoms with Gasteiger partial charge in [0.15, 0.2) is 0 Å². The minimum Gasteiger partial charge on any atom is -0.329 e. The number of nitrogens with zero attached hydrogens (tertiary/aromatic N) is 6. The number of amides is 1. The molecule has 0 saturated carbocycles. The lowest BCUT2D eigenvalue weighted by Gasteiger charge is -2.23. The number of aromatic nitrogens is 5. The Morgan fingerprint density at radius 3 is 2.74 bits per heavy atom. The average Bonchev–Trinajstić information content (AvgIpc) is 3.47. The monoisotopic (exact) mass is 376 g/mol. The Morgan fingerprint density at radius 2 is 1.96 bits per heavy atom. The van der Waals surface area contributed by atoms with Gasteiger partial charge in [-0.1, -0.05) is 12.1 Å². The Morgan fingerprint density at radius 1 is 1.11 bits per heavy atom. The van der Waals surface area contributed by atoms with Gasteiger partial charge in [0.05, 0.1) is 21.9 Å². The van der Waals surface area contributed by atoms with Crippen LogP contribution in [-0.4, -0.2) is 42.5 Å². The molecule has 8 heteroatoms. The van der Waals surface area contributed by atoms with Gasteiger partial charge in [0.2, 0.25) is 0 Å². The van der Waals surface area contributed by atoms with E-state index < -0.39 is 0 Å². The summed E-state index contributed by atoms with van der Waals surface area (Å²) in [6, 6.07) is 15.5. The van der Waals surface area contributed by atoms with Gasteiger partial charge in [-0.25, -0.2) is 9.67 Å². The second kappa shape index (κ2) is 6.55. The van der Waals surface area contributed by atoms with Crippen molar-refractivity contribution in [3.05, 3.63) is 65.4 Å². The number of thiazole rings is 1. The molecule has 0 N–H and O–H groups in total. The van der Waals surface area contributed by atoms with Crippen molar-refractivity contribution >= 4 is 27.5 Å². The first-order chi connectivity index (χ1) is 13.3. The van der Waals surface area contributed by atoms with E-state index in [4.69, 9.17) is 4.98 Å². The number of benzene rings is 2. The molecule has 2 aromatic carbocycles. The van der Waals surface area contributed by atoms with E-state index in [1.54, 1.807) is 16.0 Å². The molecule has 1 amide bonds. The summed E-state index contributed by atoms with van der Waals surface area (Å²) in [4.78, 5) is 19.8. The standard InChI is InChI=1S/C19H16N6OS/c26-19(13-7-9-14(10-8-13)25-12-20-22-23-25)24-11-3-5-16(24)18-21-15-4-1-2-6-17(15)27-18/h1-2,4,6-10,12,16H,3,5,11H2/t16-/m0/s1. The molecule has 5 rings (SSSR count). The second-order valence-corrected chi connectivity index (χ2v) is 7.54. The smallest absolute Gasteiger partial charge is 0.254 e. The lowest BCUT2D eigenvalue weighted by atomic mass is 10.1. The predicted molar refractivity (Wildman–Crippen MR) is 102 cm³/mol. The third kappa shape index (κ3) is 2.87. The number of likely N-dealkylation sites (tertiary alicyclic amines) is 1. The number of hydrogen-bond donors (Lipinski definition) is 0. The van der Waals surface area contributed by atoms with Gasteiger partial charge in [-0.05, 0) is 59.7 Å². The Balaban J connectivity index is 1.41. The van der Waals surface area contributed by atoms with Gasteiger partial charge < -0.3 is 4.90 Å². The summed E-state index contributed by atoms with van der Waals surface area (Å²) in [5.41, 5.74) is 2.49. The Hall–Kier alpha value is -3.13. The van der Waals surface area contributed by atoms with Gasteiger partial charge in [0.25, 0.3) is 5.91 Å². The predicted octanol–water partition coefficient (Wildman–Crippen LogP) is 3.25. The minimum atomic E-state index is 0.0417. The molecule has 1 saturated heterocycles. The highest BCUT2D eigenvalue weighted by Crippen LogP contribution is 2.37. The first-order valence-electron chi connectivity index (χ1n) is 8.79. The summed E-state index contributed by atoms with van der Waals surface area (Å²) in [5, 5.41) is 12.1. The zero-order valence-corrected chi connectivity index (χ0v) is 15.2. The van der Waals surface area contributed by atoms with Crippen LogP contribution in [0.3, 0.4) is 0 Å². The molecule has 134 valence electrons. The maximum absolute atomic E-state index is 13.1. The third-order valence-electron chi connectivity index (χ3n) is 4.84. The van der Waals surface area contributed by atoms with Crippen LogP contribution < -0.4 is 0 Å². The molecule has 0 radical (unpaired) electrons. The third-order valence-corrected chi connectivity index (χ3v) is 5.97. The second-order valence-electron chi connectivity index (χ2n) is 6.48. The van der Waals surface area contributed by atoms with Crippen molar-refractivity contribution < 1.29 is 4.79 Å². The first kappa shape index (κ1) is 16.1. The molecule has 2 aromatic heterocycles. The highest BCUT2D eigenvalue weighted by atomic mass is 32.1. The van der Waals surface area contributed by atoms with E-state index in [2.05, 4.69) is 21.6 Å². The number of carbonyl (C=O) groups excluding carboxylic acids is 1. The van der Waals surface area contributed by atoms with Crippen molar-refractivity contribution in [3.8, 4) is 5.69 Å². The fraction of sp³-hybridized carbons (Fsp3) is 0.211. The molecule has 1 atom stereocenters. The van der Waals surface area contributed by atoms with Crippen LogP contribution in [0.15, 0.2) is 54.9 Å². The van der Waals surface area contributed by atoms with Crippen LogP contribution in [0, 0.1) is 0 Å². The van der Waals surface area contributed by atoms with Crippen LogP contribution in [0.5, 0.6) is 0 Å². The number of hydrogen-bond acceptors (Lipinski definition) is 6. The van der Waals surface area contributed by atoms with Crippen LogP contribution in [0.4, 0.5) is 0 Å². The highest BCUT2D eigenvalue weighted by molar-refractivity contribution is 7.18. The molecule has 0 bridgehead atoms. The van der Waals surface area contributed by atoms with Crippen molar-refractivity contribution in [2.45, 2.75) is 18.9 Å². The van der Waals surface area contributed by atoms with Crippen molar-refractivity contribution in [3.63, 3.8) is 0 Å². The van der Waals surface area contributed by atoms with Gasteiger partial charge in [0, 0.05) is 12.1 Å². The maximum atomic E-state index is 13.1. The normalized spacial score (nSPS) is 16.9. The Bertz CT molecular complexity index is 1060. The van der Waals surface area contributed by atoms with Gasteiger partial charge >= 0.3 is 0 Å². The highest BCUT2D eigenvalue weighted by Gasteiger charge is 2.32. The molecular weight excluding hydrogens is 360 g/mol. The van der Waals surface area contributed by atoms with Gasteiger partial charge in [0.1, 0.15) is 11.3 Å². The van der Waals surface area contributed by atoms with E-state index in [0.717, 1.165) is 40.3 Å². The molecule has 1 aliphatic heterocycles. The van der Waals surface area contributed by atoms with Crippen LogP contribution in [0.25, 0.3) is 15.9 Å². The van der Waals surface area contributed by atoms with Crippen LogP contribution in [0.1, 0.15) is 34.2 Å². The summed E-state index contributed by atoms with van der Waals surface area (Å²) < 4.78 is 2.73. The van der Waals surface area contributed by atoms with Crippen LogP contribution in [-0.2, 0) is 0 Å². The summed E-state index contributed by atoms with van der Waals surface area (Å²) in [5.74, 6) is 0.0417. The number of para-hydroxylation sites is 1.